The van der Waals surface area contributed by atoms with Gasteiger partial charge in [-0.2, -0.15) is 0 Å². The fourth-order valence-electron chi connectivity index (χ4n) is 6.47. The standard InChI is InChI=1S/C22H27NO4/c1-4-11-23-12-10-21-18-14-6-7-16(25-3)19(18)27-20(21)15(24)8-9-22(21,26-5-2)17(23)13-14/h4,6-7,17,20H,1,5,8-13H2,2-3H3/t17-,20+,21+,22-/m1/s1. The Morgan fingerprint density at radius 3 is 3.00 bits per heavy atom. The first-order valence-electron chi connectivity index (χ1n) is 10.0. The molecule has 4 atom stereocenters. The minimum Gasteiger partial charge on any atom is -0.493 e. The smallest absolute Gasteiger partial charge is 0.174 e. The molecule has 2 bridgehead atoms. The molecule has 2 fully saturated rings. The Morgan fingerprint density at radius 2 is 2.26 bits per heavy atom. The van der Waals surface area contributed by atoms with E-state index in [1.165, 1.54) is 11.1 Å². The van der Waals surface area contributed by atoms with Gasteiger partial charge < -0.3 is 14.2 Å². The van der Waals surface area contributed by atoms with E-state index in [4.69, 9.17) is 14.2 Å². The van der Waals surface area contributed by atoms with E-state index in [9.17, 15) is 4.79 Å². The van der Waals surface area contributed by atoms with E-state index < -0.39 is 17.1 Å². The van der Waals surface area contributed by atoms with Gasteiger partial charge in [-0.1, -0.05) is 12.1 Å². The lowest BCUT2D eigenvalue weighted by Crippen LogP contribution is -2.77. The summed E-state index contributed by atoms with van der Waals surface area (Å²) in [6.45, 7) is 8.42. The summed E-state index contributed by atoms with van der Waals surface area (Å²) in [5.74, 6) is 1.70. The SMILES string of the molecule is C=CCN1CC[C@]23c4c5ccc(OC)c4O[C@H]2C(=O)CC[C@@]3(OCC)[C@H]1C5. The monoisotopic (exact) mass is 369 g/mol. The first-order chi connectivity index (χ1) is 13.1. The van der Waals surface area contributed by atoms with Gasteiger partial charge in [0.15, 0.2) is 23.4 Å². The zero-order valence-corrected chi connectivity index (χ0v) is 16.1. The van der Waals surface area contributed by atoms with Crippen LogP contribution < -0.4 is 9.47 Å². The highest BCUT2D eigenvalue weighted by Crippen LogP contribution is 2.66. The van der Waals surface area contributed by atoms with Gasteiger partial charge in [0.2, 0.25) is 0 Å². The Morgan fingerprint density at radius 1 is 1.41 bits per heavy atom. The van der Waals surface area contributed by atoms with E-state index in [0.29, 0.717) is 13.0 Å². The number of nitrogens with zero attached hydrogens (tertiary/aromatic N) is 1. The van der Waals surface area contributed by atoms with Gasteiger partial charge in [0, 0.05) is 37.7 Å². The Labute approximate surface area is 160 Å². The molecule has 1 aromatic carbocycles. The molecule has 2 aliphatic carbocycles. The van der Waals surface area contributed by atoms with Gasteiger partial charge in [-0.25, -0.2) is 0 Å². The molecule has 1 saturated carbocycles. The molecule has 1 aromatic rings. The molecule has 0 aromatic heterocycles. The molecule has 2 heterocycles. The largest absolute Gasteiger partial charge is 0.493 e. The number of ether oxygens (including phenoxy) is 3. The minimum absolute atomic E-state index is 0.201. The van der Waals surface area contributed by atoms with Gasteiger partial charge in [0.25, 0.3) is 0 Å². The lowest BCUT2D eigenvalue weighted by atomic mass is 9.48. The van der Waals surface area contributed by atoms with Crippen LogP contribution in [0.15, 0.2) is 24.8 Å². The normalized spacial score (nSPS) is 36.1. The number of hydrogen-bond acceptors (Lipinski definition) is 5. The van der Waals surface area contributed by atoms with Crippen molar-refractivity contribution >= 4 is 5.78 Å². The number of methoxy groups -OCH3 is 1. The maximum Gasteiger partial charge on any atom is 0.174 e. The summed E-state index contributed by atoms with van der Waals surface area (Å²) in [5.41, 5.74) is 1.66. The van der Waals surface area contributed by atoms with Gasteiger partial charge in [-0.15, -0.1) is 6.58 Å². The van der Waals surface area contributed by atoms with E-state index in [-0.39, 0.29) is 11.8 Å². The van der Waals surface area contributed by atoms with Crippen LogP contribution in [0.3, 0.4) is 0 Å². The molecule has 0 radical (unpaired) electrons. The average Bonchev–Trinajstić information content (AvgIpc) is 3.02. The molecule has 0 unspecified atom stereocenters. The summed E-state index contributed by atoms with van der Waals surface area (Å²) >= 11 is 0. The molecule has 1 saturated heterocycles. The zero-order chi connectivity index (χ0) is 18.8. The maximum atomic E-state index is 13.0. The van der Waals surface area contributed by atoms with Crippen LogP contribution in [0.2, 0.25) is 0 Å². The molecule has 5 nitrogen and oxygen atoms in total. The fourth-order valence-corrected chi connectivity index (χ4v) is 6.47. The highest BCUT2D eigenvalue weighted by molar-refractivity contribution is 5.90. The second kappa shape index (κ2) is 5.82. The van der Waals surface area contributed by atoms with Crippen LogP contribution in [0.1, 0.15) is 37.3 Å². The Bertz CT molecular complexity index is 821. The Hall–Kier alpha value is -1.85. The number of likely N-dealkylation sites (tertiary alicyclic amines) is 1. The molecule has 4 aliphatic rings. The molecular formula is C22H27NO4. The third-order valence-electron chi connectivity index (χ3n) is 7.30. The highest BCUT2D eigenvalue weighted by Gasteiger charge is 2.74. The number of benzene rings is 1. The van der Waals surface area contributed by atoms with E-state index in [2.05, 4.69) is 24.5 Å². The molecule has 5 rings (SSSR count). The number of rotatable bonds is 5. The van der Waals surface area contributed by atoms with Crippen LogP contribution >= 0.6 is 0 Å². The lowest BCUT2D eigenvalue weighted by molar-refractivity contribution is -0.210. The van der Waals surface area contributed by atoms with Crippen LogP contribution in [0, 0.1) is 0 Å². The first kappa shape index (κ1) is 17.3. The number of Topliss-reactive ketones (excluding diaryl/α,β-unsaturated/α-hetero) is 1. The van der Waals surface area contributed by atoms with Crippen LogP contribution in [0.4, 0.5) is 0 Å². The molecule has 27 heavy (non-hydrogen) atoms. The van der Waals surface area contributed by atoms with Gasteiger partial charge in [0.05, 0.1) is 18.1 Å². The van der Waals surface area contributed by atoms with Crippen LogP contribution in [-0.2, 0) is 21.4 Å². The fraction of sp³-hybridized carbons (Fsp3) is 0.591. The number of ketones is 1. The van der Waals surface area contributed by atoms with Crippen molar-refractivity contribution in [2.45, 2.75) is 55.8 Å². The van der Waals surface area contributed by atoms with Crippen molar-refractivity contribution in [1.82, 2.24) is 4.90 Å². The summed E-state index contributed by atoms with van der Waals surface area (Å²) in [6, 6.07) is 4.37. The third-order valence-corrected chi connectivity index (χ3v) is 7.30. The maximum absolute atomic E-state index is 13.0. The Balaban J connectivity index is 1.80. The van der Waals surface area contributed by atoms with Crippen molar-refractivity contribution in [1.29, 1.82) is 0 Å². The molecule has 1 spiro atoms. The van der Waals surface area contributed by atoms with E-state index in [0.717, 1.165) is 43.9 Å². The minimum atomic E-state index is -0.462. The van der Waals surface area contributed by atoms with E-state index in [1.54, 1.807) is 7.11 Å². The van der Waals surface area contributed by atoms with Crippen LogP contribution in [-0.4, -0.2) is 55.2 Å². The van der Waals surface area contributed by atoms with Gasteiger partial charge in [0.1, 0.15) is 0 Å². The van der Waals surface area contributed by atoms with Crippen molar-refractivity contribution in [3.63, 3.8) is 0 Å². The number of carbonyl (C=O) groups excluding carboxylic acids is 1. The van der Waals surface area contributed by atoms with E-state index in [1.807, 2.05) is 12.1 Å². The van der Waals surface area contributed by atoms with E-state index >= 15 is 0 Å². The van der Waals surface area contributed by atoms with Crippen LogP contribution in [0.5, 0.6) is 11.5 Å². The number of carbonyl (C=O) groups is 1. The summed E-state index contributed by atoms with van der Waals surface area (Å²) in [6.07, 6.45) is 4.55. The summed E-state index contributed by atoms with van der Waals surface area (Å²) in [4.78, 5) is 15.5. The quantitative estimate of drug-likeness (QED) is 0.747. The summed E-state index contributed by atoms with van der Waals surface area (Å²) in [7, 11) is 1.66. The number of hydrogen-bond donors (Lipinski definition) is 0. The third kappa shape index (κ3) is 1.89. The second-order valence-corrected chi connectivity index (χ2v) is 8.14. The van der Waals surface area contributed by atoms with Crippen molar-refractivity contribution in [2.75, 3.05) is 26.8 Å². The highest BCUT2D eigenvalue weighted by atomic mass is 16.5. The van der Waals surface area contributed by atoms with Crippen molar-refractivity contribution in [3.05, 3.63) is 35.9 Å². The van der Waals surface area contributed by atoms with Crippen molar-refractivity contribution in [2.24, 2.45) is 0 Å². The van der Waals surface area contributed by atoms with Gasteiger partial charge in [-0.05, 0) is 37.8 Å². The molecule has 2 aliphatic heterocycles. The van der Waals surface area contributed by atoms with Gasteiger partial charge in [-0.3, -0.25) is 9.69 Å². The predicted molar refractivity (Wildman–Crippen MR) is 102 cm³/mol. The predicted octanol–water partition coefficient (Wildman–Crippen LogP) is 2.65. The Kier molecular flexibility index (Phi) is 3.72. The van der Waals surface area contributed by atoms with Crippen molar-refractivity contribution < 1.29 is 19.0 Å². The molecule has 0 amide bonds. The topological polar surface area (TPSA) is 48.0 Å². The summed E-state index contributed by atoms with van der Waals surface area (Å²) < 4.78 is 18.6. The molecule has 5 heteroatoms. The zero-order valence-electron chi connectivity index (χ0n) is 16.1. The lowest BCUT2D eigenvalue weighted by Gasteiger charge is -2.64. The molecule has 0 N–H and O–H groups in total. The molecular weight excluding hydrogens is 342 g/mol. The second-order valence-electron chi connectivity index (χ2n) is 8.14. The summed E-state index contributed by atoms with van der Waals surface area (Å²) in [5, 5.41) is 0. The number of piperidine rings is 1. The first-order valence-corrected chi connectivity index (χ1v) is 10.0. The van der Waals surface area contributed by atoms with Gasteiger partial charge >= 0.3 is 0 Å². The van der Waals surface area contributed by atoms with Crippen LogP contribution in [0.25, 0.3) is 0 Å². The molecule has 144 valence electrons. The van der Waals surface area contributed by atoms with Crippen molar-refractivity contribution in [3.8, 4) is 11.5 Å². The average molecular weight is 369 g/mol.